The van der Waals surface area contributed by atoms with Gasteiger partial charge in [-0.1, -0.05) is 37.3 Å². The summed E-state index contributed by atoms with van der Waals surface area (Å²) in [5.74, 6) is 0.855. The first-order chi connectivity index (χ1) is 10.7. The smallest absolute Gasteiger partial charge is 0.191 e. The van der Waals surface area contributed by atoms with Crippen LogP contribution >= 0.6 is 11.3 Å². The molecule has 0 aliphatic heterocycles. The Hall–Kier alpha value is -1.88. The van der Waals surface area contributed by atoms with E-state index in [4.69, 9.17) is 0 Å². The molecule has 0 spiro atoms. The average Bonchev–Trinajstić information content (AvgIpc) is 3.02. The lowest BCUT2D eigenvalue weighted by Crippen LogP contribution is -2.41. The molecule has 1 heterocycles. The number of aromatic nitrogens is 1. The Morgan fingerprint density at radius 2 is 2.05 bits per heavy atom. The Morgan fingerprint density at radius 3 is 2.73 bits per heavy atom. The van der Waals surface area contributed by atoms with E-state index in [9.17, 15) is 0 Å². The molecule has 0 amide bonds. The summed E-state index contributed by atoms with van der Waals surface area (Å²) in [6.45, 7) is 7.85. The van der Waals surface area contributed by atoms with Gasteiger partial charge in [0.1, 0.15) is 5.01 Å². The minimum atomic E-state index is 0.411. The molecule has 2 aromatic rings. The summed E-state index contributed by atoms with van der Waals surface area (Å²) in [6, 6.07) is 10.7. The summed E-state index contributed by atoms with van der Waals surface area (Å²) in [5.41, 5.74) is 2.18. The van der Waals surface area contributed by atoms with E-state index in [0.717, 1.165) is 35.2 Å². The summed E-state index contributed by atoms with van der Waals surface area (Å²) < 4.78 is 0. The second kappa shape index (κ2) is 8.54. The third-order valence-electron chi connectivity index (χ3n) is 3.33. The summed E-state index contributed by atoms with van der Waals surface area (Å²) >= 11 is 1.66. The van der Waals surface area contributed by atoms with Gasteiger partial charge in [0, 0.05) is 23.5 Å². The molecular formula is C17H24N4S. The fourth-order valence-electron chi connectivity index (χ4n) is 1.93. The van der Waals surface area contributed by atoms with Gasteiger partial charge in [-0.15, -0.1) is 11.3 Å². The van der Waals surface area contributed by atoms with Crippen molar-refractivity contribution < 1.29 is 0 Å². The molecular weight excluding hydrogens is 292 g/mol. The SMILES string of the molecule is CCNC(=NCc1nc(-c2ccccc2)cs1)NC(C)CC. The molecule has 0 aliphatic rings. The minimum Gasteiger partial charge on any atom is -0.357 e. The third kappa shape index (κ3) is 4.84. The summed E-state index contributed by atoms with van der Waals surface area (Å²) in [7, 11) is 0. The molecule has 1 aromatic heterocycles. The zero-order valence-electron chi connectivity index (χ0n) is 13.5. The van der Waals surface area contributed by atoms with E-state index < -0.39 is 0 Å². The van der Waals surface area contributed by atoms with Crippen LogP contribution in [0, 0.1) is 0 Å². The fraction of sp³-hybridized carbons (Fsp3) is 0.412. The lowest BCUT2D eigenvalue weighted by atomic mass is 10.2. The number of hydrogen-bond acceptors (Lipinski definition) is 3. The standard InChI is InChI=1S/C17H24N4S/c1-4-13(3)20-17(18-5-2)19-11-16-21-15(12-22-16)14-9-7-6-8-10-14/h6-10,12-13H,4-5,11H2,1-3H3,(H2,18,19,20). The number of benzene rings is 1. The van der Waals surface area contributed by atoms with E-state index in [-0.39, 0.29) is 0 Å². The Bertz CT molecular complexity index is 592. The molecule has 2 N–H and O–H groups in total. The van der Waals surface area contributed by atoms with E-state index in [1.165, 1.54) is 0 Å². The van der Waals surface area contributed by atoms with Crippen molar-refractivity contribution in [2.24, 2.45) is 4.99 Å². The van der Waals surface area contributed by atoms with E-state index >= 15 is 0 Å². The number of hydrogen-bond donors (Lipinski definition) is 2. The fourth-order valence-corrected chi connectivity index (χ4v) is 2.65. The van der Waals surface area contributed by atoms with Gasteiger partial charge in [0.25, 0.3) is 0 Å². The minimum absolute atomic E-state index is 0.411. The summed E-state index contributed by atoms with van der Waals surface area (Å²) in [6.07, 6.45) is 1.07. The molecule has 0 radical (unpaired) electrons. The van der Waals surface area contributed by atoms with Crippen LogP contribution in [0.25, 0.3) is 11.3 Å². The van der Waals surface area contributed by atoms with Crippen LogP contribution in [0.4, 0.5) is 0 Å². The second-order valence-corrected chi connectivity index (χ2v) is 6.08. The molecule has 0 saturated heterocycles. The van der Waals surface area contributed by atoms with Gasteiger partial charge in [-0.3, -0.25) is 0 Å². The van der Waals surface area contributed by atoms with Crippen molar-refractivity contribution in [3.8, 4) is 11.3 Å². The van der Waals surface area contributed by atoms with Gasteiger partial charge in [-0.25, -0.2) is 9.98 Å². The lowest BCUT2D eigenvalue weighted by molar-refractivity contribution is 0.624. The van der Waals surface area contributed by atoms with E-state index in [1.807, 2.05) is 18.2 Å². The number of thiazole rings is 1. The van der Waals surface area contributed by atoms with Gasteiger partial charge in [-0.2, -0.15) is 0 Å². The first-order valence-corrected chi connectivity index (χ1v) is 8.65. The Labute approximate surface area is 136 Å². The van der Waals surface area contributed by atoms with Crippen LogP contribution in [0.15, 0.2) is 40.7 Å². The Morgan fingerprint density at radius 1 is 1.27 bits per heavy atom. The monoisotopic (exact) mass is 316 g/mol. The van der Waals surface area contributed by atoms with Crippen LogP contribution in [0.1, 0.15) is 32.2 Å². The quantitative estimate of drug-likeness (QED) is 0.631. The van der Waals surface area contributed by atoms with Crippen molar-refractivity contribution in [1.29, 1.82) is 0 Å². The molecule has 0 aliphatic carbocycles. The van der Waals surface area contributed by atoms with Gasteiger partial charge in [0.05, 0.1) is 12.2 Å². The van der Waals surface area contributed by atoms with Gasteiger partial charge in [0.2, 0.25) is 0 Å². The maximum atomic E-state index is 4.67. The van der Waals surface area contributed by atoms with Crippen LogP contribution in [0.3, 0.4) is 0 Å². The van der Waals surface area contributed by atoms with Gasteiger partial charge in [0.15, 0.2) is 5.96 Å². The van der Waals surface area contributed by atoms with Gasteiger partial charge in [-0.05, 0) is 20.3 Å². The molecule has 1 atom stereocenters. The molecule has 1 aromatic carbocycles. The van der Waals surface area contributed by atoms with E-state index in [1.54, 1.807) is 11.3 Å². The van der Waals surface area contributed by atoms with E-state index in [2.05, 4.69) is 58.9 Å². The average molecular weight is 316 g/mol. The maximum Gasteiger partial charge on any atom is 0.191 e. The first kappa shape index (κ1) is 16.5. The molecule has 0 bridgehead atoms. The number of nitrogens with one attached hydrogen (secondary N) is 2. The summed E-state index contributed by atoms with van der Waals surface area (Å²) in [5, 5.41) is 9.78. The zero-order valence-corrected chi connectivity index (χ0v) is 14.3. The van der Waals surface area contributed by atoms with Crippen molar-refractivity contribution in [2.45, 2.75) is 39.8 Å². The maximum absolute atomic E-state index is 4.67. The molecule has 0 saturated carbocycles. The highest BCUT2D eigenvalue weighted by Crippen LogP contribution is 2.21. The van der Waals surface area contributed by atoms with Crippen LogP contribution in [-0.2, 0) is 6.54 Å². The van der Waals surface area contributed by atoms with Crippen LogP contribution in [-0.4, -0.2) is 23.5 Å². The van der Waals surface area contributed by atoms with Crippen LogP contribution < -0.4 is 10.6 Å². The van der Waals surface area contributed by atoms with Gasteiger partial charge < -0.3 is 10.6 Å². The Balaban J connectivity index is 2.03. The van der Waals surface area contributed by atoms with Gasteiger partial charge >= 0.3 is 0 Å². The van der Waals surface area contributed by atoms with E-state index in [0.29, 0.717) is 12.6 Å². The highest BCUT2D eigenvalue weighted by atomic mass is 32.1. The Kier molecular flexibility index (Phi) is 6.40. The van der Waals surface area contributed by atoms with Crippen molar-refractivity contribution in [3.05, 3.63) is 40.7 Å². The molecule has 118 valence electrons. The topological polar surface area (TPSA) is 49.3 Å². The zero-order chi connectivity index (χ0) is 15.8. The molecule has 0 fully saturated rings. The predicted octanol–water partition coefficient (Wildman–Crippen LogP) is 3.66. The van der Waals surface area contributed by atoms with Crippen LogP contribution in [0.2, 0.25) is 0 Å². The first-order valence-electron chi connectivity index (χ1n) is 7.77. The highest BCUT2D eigenvalue weighted by Gasteiger charge is 2.05. The largest absolute Gasteiger partial charge is 0.357 e. The summed E-state index contributed by atoms with van der Waals surface area (Å²) in [4.78, 5) is 9.29. The van der Waals surface area contributed by atoms with Crippen LogP contribution in [0.5, 0.6) is 0 Å². The van der Waals surface area contributed by atoms with Crippen molar-refractivity contribution in [3.63, 3.8) is 0 Å². The number of aliphatic imine (C=N–C) groups is 1. The molecule has 5 heteroatoms. The second-order valence-electron chi connectivity index (χ2n) is 5.14. The molecule has 2 rings (SSSR count). The normalized spacial score (nSPS) is 13.0. The highest BCUT2D eigenvalue weighted by molar-refractivity contribution is 7.09. The third-order valence-corrected chi connectivity index (χ3v) is 4.17. The van der Waals surface area contributed by atoms with Crippen molar-refractivity contribution >= 4 is 17.3 Å². The number of guanidine groups is 1. The number of rotatable bonds is 6. The number of nitrogens with zero attached hydrogens (tertiary/aromatic N) is 2. The van der Waals surface area contributed by atoms with Crippen molar-refractivity contribution in [1.82, 2.24) is 15.6 Å². The molecule has 22 heavy (non-hydrogen) atoms. The lowest BCUT2D eigenvalue weighted by Gasteiger charge is -2.15. The molecule has 4 nitrogen and oxygen atoms in total. The molecule has 1 unspecified atom stereocenters. The predicted molar refractivity (Wildman–Crippen MR) is 95.3 cm³/mol. The van der Waals surface area contributed by atoms with Crippen molar-refractivity contribution in [2.75, 3.05) is 6.54 Å².